The Kier molecular flexibility index (Phi) is 12.5. The van der Waals surface area contributed by atoms with Crippen molar-refractivity contribution in [2.24, 2.45) is 0 Å². The van der Waals surface area contributed by atoms with Crippen LogP contribution in [0.25, 0.3) is 16.7 Å². The molecule has 1 aromatic heterocycles. The van der Waals surface area contributed by atoms with Crippen molar-refractivity contribution in [1.82, 2.24) is 15.6 Å². The molecule has 2 aromatic carbocycles. The number of nitrogens with one attached hydrogen (secondary N) is 3. The predicted octanol–water partition coefficient (Wildman–Crippen LogP) is 9.11. The lowest BCUT2D eigenvalue weighted by atomic mass is 9.95. The first kappa shape index (κ1) is 32.6. The van der Waals surface area contributed by atoms with Crippen LogP contribution in [0, 0.1) is 0 Å². The molecule has 0 fully saturated rings. The normalized spacial score (nSPS) is 12.7. The molecule has 3 aromatic rings. The average Bonchev–Trinajstić information content (AvgIpc) is 3.05. The van der Waals surface area contributed by atoms with Crippen molar-refractivity contribution in [3.63, 3.8) is 0 Å². The van der Waals surface area contributed by atoms with Crippen molar-refractivity contribution in [2.45, 2.75) is 27.3 Å². The Morgan fingerprint density at radius 2 is 1.72 bits per heavy atom. The Bertz CT molecular complexity index is 1570. The van der Waals surface area contributed by atoms with E-state index in [9.17, 15) is 0 Å². The number of hydrogen-bond acceptors (Lipinski definition) is 4. The fourth-order valence-corrected chi connectivity index (χ4v) is 4.69. The summed E-state index contributed by atoms with van der Waals surface area (Å²) in [5.41, 5.74) is 12.2. The van der Waals surface area contributed by atoms with E-state index in [2.05, 4.69) is 116 Å². The third kappa shape index (κ3) is 9.03. The van der Waals surface area contributed by atoms with Crippen molar-refractivity contribution in [2.75, 3.05) is 18.9 Å². The minimum Gasteiger partial charge on any atom is -0.388 e. The maximum absolute atomic E-state index is 4.43. The van der Waals surface area contributed by atoms with E-state index in [-0.39, 0.29) is 0 Å². The van der Waals surface area contributed by atoms with E-state index in [1.54, 1.807) is 12.3 Å². The summed E-state index contributed by atoms with van der Waals surface area (Å²) < 4.78 is 0. The van der Waals surface area contributed by atoms with Gasteiger partial charge in [0.1, 0.15) is 0 Å². The quantitative estimate of drug-likeness (QED) is 0.160. The highest BCUT2D eigenvalue weighted by atomic mass is 14.9. The van der Waals surface area contributed by atoms with Gasteiger partial charge in [0.05, 0.1) is 0 Å². The molecule has 0 saturated carbocycles. The Morgan fingerprint density at radius 3 is 2.35 bits per heavy atom. The number of nitrogens with zero attached hydrogens (tertiary/aromatic N) is 1. The molecule has 3 N–H and O–H groups in total. The zero-order valence-electron chi connectivity index (χ0n) is 26.0. The van der Waals surface area contributed by atoms with Crippen LogP contribution in [0.5, 0.6) is 0 Å². The first-order valence-electron chi connectivity index (χ1n) is 14.5. The van der Waals surface area contributed by atoms with E-state index in [1.165, 1.54) is 5.56 Å². The summed E-state index contributed by atoms with van der Waals surface area (Å²) in [5.74, 6) is 0. The van der Waals surface area contributed by atoms with Crippen LogP contribution in [-0.4, -0.2) is 18.6 Å². The van der Waals surface area contributed by atoms with Crippen LogP contribution in [0.15, 0.2) is 152 Å². The minimum absolute atomic E-state index is 0.719. The summed E-state index contributed by atoms with van der Waals surface area (Å²) in [6.45, 7) is 24.4. The van der Waals surface area contributed by atoms with Gasteiger partial charge in [-0.15, -0.1) is 0 Å². The van der Waals surface area contributed by atoms with Gasteiger partial charge >= 0.3 is 0 Å². The van der Waals surface area contributed by atoms with Crippen LogP contribution in [0.1, 0.15) is 43.0 Å². The third-order valence-corrected chi connectivity index (χ3v) is 7.29. The number of rotatable bonds is 15. The van der Waals surface area contributed by atoms with Gasteiger partial charge in [-0.2, -0.15) is 0 Å². The lowest BCUT2D eigenvalue weighted by Crippen LogP contribution is -2.16. The van der Waals surface area contributed by atoms with Gasteiger partial charge < -0.3 is 16.0 Å². The molecule has 0 atom stereocenters. The summed E-state index contributed by atoms with van der Waals surface area (Å²) in [6, 6.07) is 20.7. The van der Waals surface area contributed by atoms with Gasteiger partial charge in [-0.3, -0.25) is 4.98 Å². The molecule has 0 amide bonds. The van der Waals surface area contributed by atoms with E-state index < -0.39 is 0 Å². The van der Waals surface area contributed by atoms with Gasteiger partial charge in [-0.25, -0.2) is 0 Å². The number of hydrogen-bond donors (Lipinski definition) is 3. The van der Waals surface area contributed by atoms with E-state index in [1.807, 2.05) is 50.5 Å². The lowest BCUT2D eigenvalue weighted by Gasteiger charge is -2.20. The third-order valence-electron chi connectivity index (χ3n) is 7.29. The Hall–Kier alpha value is -4.93. The molecule has 0 aliphatic carbocycles. The maximum Gasteiger partial charge on any atom is 0.0418 e. The van der Waals surface area contributed by atoms with Crippen molar-refractivity contribution in [1.29, 1.82) is 0 Å². The molecule has 3 rings (SSSR count). The molecule has 0 saturated heterocycles. The first-order valence-corrected chi connectivity index (χ1v) is 14.5. The molecule has 0 aliphatic heterocycles. The molecule has 4 nitrogen and oxygen atoms in total. The smallest absolute Gasteiger partial charge is 0.0418 e. The van der Waals surface area contributed by atoms with Crippen LogP contribution >= 0.6 is 0 Å². The van der Waals surface area contributed by atoms with Crippen LogP contribution in [0.2, 0.25) is 0 Å². The van der Waals surface area contributed by atoms with E-state index in [0.29, 0.717) is 0 Å². The summed E-state index contributed by atoms with van der Waals surface area (Å²) in [6.07, 6.45) is 13.6. The molecule has 0 bridgehead atoms. The highest BCUT2D eigenvalue weighted by Crippen LogP contribution is 2.32. The topological polar surface area (TPSA) is 49.0 Å². The zero-order valence-corrected chi connectivity index (χ0v) is 26.0. The Labute approximate surface area is 258 Å². The SMILES string of the molecule is C=C/C=C(\C(C)=C(/C)NC(=C)C(=C)c1cc(C(/C=C(\C=C)CNCc2ccccc2)=C/C)ccc1NC)c1cccnc1. The number of pyridine rings is 1. The van der Waals surface area contributed by atoms with Gasteiger partial charge in [-0.05, 0) is 78.0 Å². The largest absolute Gasteiger partial charge is 0.388 e. The molecule has 4 heteroatoms. The second kappa shape index (κ2) is 16.5. The number of aromatic nitrogens is 1. The van der Waals surface area contributed by atoms with Crippen molar-refractivity contribution >= 4 is 22.4 Å². The van der Waals surface area contributed by atoms with Crippen LogP contribution in [0.3, 0.4) is 0 Å². The first-order chi connectivity index (χ1) is 20.8. The molecular weight excluding hydrogens is 524 g/mol. The monoisotopic (exact) mass is 568 g/mol. The van der Waals surface area contributed by atoms with E-state index in [0.717, 1.165) is 74.7 Å². The van der Waals surface area contributed by atoms with Gasteiger partial charge in [0, 0.05) is 60.7 Å². The maximum atomic E-state index is 4.43. The zero-order chi connectivity index (χ0) is 31.2. The fourth-order valence-electron chi connectivity index (χ4n) is 4.69. The number of allylic oxidation sites excluding steroid dienone is 9. The van der Waals surface area contributed by atoms with Gasteiger partial charge in [0.25, 0.3) is 0 Å². The number of benzene rings is 2. The molecular formula is C39H44N4. The molecule has 220 valence electrons. The van der Waals surface area contributed by atoms with Crippen LogP contribution < -0.4 is 16.0 Å². The van der Waals surface area contributed by atoms with Crippen molar-refractivity contribution in [3.8, 4) is 0 Å². The van der Waals surface area contributed by atoms with Crippen LogP contribution in [-0.2, 0) is 6.54 Å². The molecule has 0 aliphatic rings. The Morgan fingerprint density at radius 1 is 0.953 bits per heavy atom. The van der Waals surface area contributed by atoms with Gasteiger partial charge in [0.2, 0.25) is 0 Å². The van der Waals surface area contributed by atoms with Gasteiger partial charge in [-0.1, -0.05) is 99.2 Å². The fraction of sp³-hybridized carbons (Fsp3) is 0.154. The molecule has 0 radical (unpaired) electrons. The summed E-state index contributed by atoms with van der Waals surface area (Å²) in [5, 5.41) is 10.3. The lowest BCUT2D eigenvalue weighted by molar-refractivity contribution is 0.747. The molecule has 0 spiro atoms. The van der Waals surface area contributed by atoms with Gasteiger partial charge in [0.15, 0.2) is 0 Å². The van der Waals surface area contributed by atoms with Crippen LogP contribution in [0.4, 0.5) is 5.69 Å². The number of anilines is 1. The molecule has 0 unspecified atom stereocenters. The standard InChI is InChI=1S/C39H44N4/c1-9-16-37(36-19-15-22-41-27-36)28(4)30(6)43-31(7)29(5)38-24-35(20-21-39(38)40-8)34(11-3)23-32(10-2)25-42-26-33-17-13-12-14-18-33/h9-24,27,40,42-43H,1-2,5,7,25-26H2,3-4,6,8H3/b30-28+,32-23+,34-11+,37-16+. The molecule has 43 heavy (non-hydrogen) atoms. The Balaban J connectivity index is 1.83. The second-order valence-corrected chi connectivity index (χ2v) is 10.2. The summed E-state index contributed by atoms with van der Waals surface area (Å²) in [4.78, 5) is 4.28. The highest BCUT2D eigenvalue weighted by Gasteiger charge is 2.13. The summed E-state index contributed by atoms with van der Waals surface area (Å²) in [7, 11) is 1.92. The highest BCUT2D eigenvalue weighted by molar-refractivity contribution is 5.87. The predicted molar refractivity (Wildman–Crippen MR) is 188 cm³/mol. The molecule has 1 heterocycles. The second-order valence-electron chi connectivity index (χ2n) is 10.2. The van der Waals surface area contributed by atoms with Crippen molar-refractivity contribution < 1.29 is 0 Å². The minimum atomic E-state index is 0.719. The summed E-state index contributed by atoms with van der Waals surface area (Å²) >= 11 is 0. The van der Waals surface area contributed by atoms with E-state index in [4.69, 9.17) is 0 Å². The average molecular weight is 569 g/mol. The van der Waals surface area contributed by atoms with E-state index >= 15 is 0 Å². The van der Waals surface area contributed by atoms with Crippen molar-refractivity contribution in [3.05, 3.63) is 175 Å².